The fourth-order valence-corrected chi connectivity index (χ4v) is 4.67. The average molecular weight is 552 g/mol. The number of aliphatic hydroxyl groups excluding tert-OH is 2. The second-order valence-electron chi connectivity index (χ2n) is 8.19. The monoisotopic (exact) mass is 552 g/mol. The molecule has 17 heteroatoms. The number of nitrogens with two attached hydrogens (primary N) is 1. The first-order chi connectivity index (χ1) is 17.3. The molecule has 2 rings (SSSR count). The quantitative estimate of drug-likeness (QED) is 0.153. The van der Waals surface area contributed by atoms with Crippen LogP contribution in [0.15, 0.2) is 17.1 Å². The van der Waals surface area contributed by atoms with Crippen LogP contribution in [0.2, 0.25) is 0 Å². The van der Waals surface area contributed by atoms with Crippen molar-refractivity contribution in [2.45, 2.75) is 77.6 Å². The normalized spacial score (nSPS) is 24.8. The van der Waals surface area contributed by atoms with Gasteiger partial charge in [0.15, 0.2) is 6.23 Å². The fourth-order valence-electron chi connectivity index (χ4n) is 3.11. The summed E-state index contributed by atoms with van der Waals surface area (Å²) in [6, 6.07) is 0.0950. The third-order valence-electron chi connectivity index (χ3n) is 4.74. The van der Waals surface area contributed by atoms with Crippen molar-refractivity contribution >= 4 is 25.7 Å². The number of carbonyl (C=O) groups is 2. The zero-order valence-electron chi connectivity index (χ0n) is 21.0. The molecule has 1 aromatic heterocycles. The van der Waals surface area contributed by atoms with Gasteiger partial charge in [-0.1, -0.05) is 0 Å². The molecule has 1 aromatic rings. The Morgan fingerprint density at radius 3 is 2.51 bits per heavy atom. The number of hydrogen-bond donors (Lipinski definition) is 4. The van der Waals surface area contributed by atoms with Crippen LogP contribution < -0.4 is 16.5 Å². The van der Waals surface area contributed by atoms with Crippen LogP contribution in [0.4, 0.5) is 10.6 Å². The molecule has 0 saturated carbocycles. The van der Waals surface area contributed by atoms with E-state index in [1.165, 1.54) is 26.1 Å². The molecule has 0 amide bonds. The van der Waals surface area contributed by atoms with E-state index in [4.69, 9.17) is 29.0 Å². The summed E-state index contributed by atoms with van der Waals surface area (Å²) in [5.41, 5.74) is 4.63. The summed E-state index contributed by atoms with van der Waals surface area (Å²) in [6.07, 6.45) is -7.63. The number of anilines is 1. The van der Waals surface area contributed by atoms with Gasteiger partial charge >= 0.3 is 25.6 Å². The first kappa shape index (κ1) is 30.6. The summed E-state index contributed by atoms with van der Waals surface area (Å²) >= 11 is 0. The summed E-state index contributed by atoms with van der Waals surface area (Å²) in [7, 11) is -4.46. The lowest BCUT2D eigenvalue weighted by atomic mass is 10.1. The Balaban J connectivity index is 2.16. The van der Waals surface area contributed by atoms with Crippen LogP contribution in [-0.2, 0) is 37.4 Å². The highest BCUT2D eigenvalue weighted by Gasteiger charge is 2.46. The molecule has 1 fully saturated rings. The summed E-state index contributed by atoms with van der Waals surface area (Å²) in [6.45, 7) is 6.73. The van der Waals surface area contributed by atoms with E-state index < -0.39 is 75.1 Å². The number of hydrogen-bond acceptors (Lipinski definition) is 14. The van der Waals surface area contributed by atoms with Gasteiger partial charge in [-0.15, -0.1) is 0 Å². The summed E-state index contributed by atoms with van der Waals surface area (Å²) in [4.78, 5) is 39.5. The van der Waals surface area contributed by atoms with Gasteiger partial charge in [-0.05, 0) is 40.7 Å². The predicted molar refractivity (Wildman–Crippen MR) is 125 cm³/mol. The van der Waals surface area contributed by atoms with E-state index in [2.05, 4.69) is 14.8 Å². The average Bonchev–Trinajstić information content (AvgIpc) is 3.05. The molecule has 5 N–H and O–H groups in total. The maximum Gasteiger partial charge on any atom is 0.510 e. The Morgan fingerprint density at radius 2 is 1.92 bits per heavy atom. The summed E-state index contributed by atoms with van der Waals surface area (Å²) in [5.74, 6) is -0.827. The second kappa shape index (κ2) is 13.3. The number of nitrogens with zero attached hydrogens (tertiary/aromatic N) is 2. The fraction of sp³-hybridized carbons (Fsp3) is 0.700. The molecule has 1 aliphatic rings. The third-order valence-corrected chi connectivity index (χ3v) is 6.51. The van der Waals surface area contributed by atoms with Crippen molar-refractivity contribution in [1.82, 2.24) is 14.6 Å². The molecule has 0 aliphatic carbocycles. The topological polar surface area (TPSA) is 220 Å². The van der Waals surface area contributed by atoms with Crippen LogP contribution in [0.3, 0.4) is 0 Å². The Bertz CT molecular complexity index is 1040. The number of aromatic nitrogens is 2. The predicted octanol–water partition coefficient (Wildman–Crippen LogP) is 0.0348. The van der Waals surface area contributed by atoms with E-state index in [1.807, 2.05) is 0 Å². The van der Waals surface area contributed by atoms with E-state index in [9.17, 15) is 29.2 Å². The van der Waals surface area contributed by atoms with E-state index in [1.54, 1.807) is 20.8 Å². The van der Waals surface area contributed by atoms with Gasteiger partial charge in [-0.2, -0.15) is 4.98 Å². The molecule has 0 bridgehead atoms. The first-order valence-corrected chi connectivity index (χ1v) is 12.9. The highest BCUT2D eigenvalue weighted by Crippen LogP contribution is 2.47. The van der Waals surface area contributed by atoms with Crippen molar-refractivity contribution < 1.29 is 52.4 Å². The number of nitrogen functional groups attached to an aromatic ring is 1. The molecule has 0 aromatic carbocycles. The van der Waals surface area contributed by atoms with Gasteiger partial charge < -0.3 is 34.9 Å². The number of esters is 1. The van der Waals surface area contributed by atoms with Gasteiger partial charge in [0.1, 0.15) is 30.2 Å². The molecule has 1 saturated heterocycles. The smallest absolute Gasteiger partial charge is 0.462 e. The molecule has 210 valence electrons. The Labute approximate surface area is 212 Å². The lowest BCUT2D eigenvalue weighted by molar-refractivity contribution is -0.149. The minimum Gasteiger partial charge on any atom is -0.462 e. The maximum atomic E-state index is 13.5. The molecular weight excluding hydrogens is 519 g/mol. The number of nitrogens with one attached hydrogen (secondary N) is 1. The SMILES string of the molecule is CCOC(=O)OC(C)OP(=O)(N[C@@H](C)C(=O)OC(C)C)OC[C@H]1O[C@@H](n2ccc(N)nc2=O)C(O)C1O. The third kappa shape index (κ3) is 8.74. The summed E-state index contributed by atoms with van der Waals surface area (Å²) < 4.78 is 45.1. The lowest BCUT2D eigenvalue weighted by Gasteiger charge is -2.26. The molecule has 0 radical (unpaired) electrons. The van der Waals surface area contributed by atoms with Crippen molar-refractivity contribution in [2.24, 2.45) is 0 Å². The van der Waals surface area contributed by atoms with Crippen LogP contribution in [0.1, 0.15) is 40.8 Å². The van der Waals surface area contributed by atoms with Crippen molar-refractivity contribution in [3.05, 3.63) is 22.7 Å². The van der Waals surface area contributed by atoms with Crippen molar-refractivity contribution in [1.29, 1.82) is 0 Å². The number of rotatable bonds is 12. The Kier molecular flexibility index (Phi) is 11.0. The van der Waals surface area contributed by atoms with E-state index in [-0.39, 0.29) is 12.4 Å². The lowest BCUT2D eigenvalue weighted by Crippen LogP contribution is -2.38. The molecule has 0 spiro atoms. The second-order valence-corrected chi connectivity index (χ2v) is 9.91. The van der Waals surface area contributed by atoms with Crippen LogP contribution in [-0.4, -0.2) is 81.9 Å². The van der Waals surface area contributed by atoms with Crippen molar-refractivity contribution in [3.63, 3.8) is 0 Å². The van der Waals surface area contributed by atoms with Crippen LogP contribution >= 0.6 is 7.75 Å². The Hall–Kier alpha value is -2.59. The van der Waals surface area contributed by atoms with Gasteiger partial charge in [0, 0.05) is 6.20 Å². The zero-order valence-corrected chi connectivity index (χ0v) is 21.9. The van der Waals surface area contributed by atoms with Gasteiger partial charge in [0.05, 0.1) is 19.3 Å². The van der Waals surface area contributed by atoms with E-state index >= 15 is 0 Å². The van der Waals surface area contributed by atoms with Gasteiger partial charge in [-0.3, -0.25) is 18.4 Å². The van der Waals surface area contributed by atoms with E-state index in [0.29, 0.717) is 0 Å². The number of aliphatic hydroxyl groups is 2. The van der Waals surface area contributed by atoms with Gasteiger partial charge in [-0.25, -0.2) is 19.2 Å². The number of ether oxygens (including phenoxy) is 4. The number of carbonyl (C=O) groups excluding carboxylic acids is 2. The van der Waals surface area contributed by atoms with Crippen molar-refractivity contribution in [2.75, 3.05) is 18.9 Å². The minimum atomic E-state index is -4.46. The zero-order chi connectivity index (χ0) is 27.9. The highest BCUT2D eigenvalue weighted by atomic mass is 31.2. The Morgan fingerprint density at radius 1 is 1.24 bits per heavy atom. The maximum absolute atomic E-state index is 13.5. The first-order valence-electron chi connectivity index (χ1n) is 11.4. The molecule has 4 unspecified atom stereocenters. The molecule has 1 aliphatic heterocycles. The largest absolute Gasteiger partial charge is 0.510 e. The van der Waals surface area contributed by atoms with E-state index in [0.717, 1.165) is 4.57 Å². The molecule has 16 nitrogen and oxygen atoms in total. The molecule has 37 heavy (non-hydrogen) atoms. The minimum absolute atomic E-state index is 0.0169. The van der Waals surface area contributed by atoms with Gasteiger partial charge in [0.25, 0.3) is 0 Å². The van der Waals surface area contributed by atoms with Crippen LogP contribution in [0.5, 0.6) is 0 Å². The van der Waals surface area contributed by atoms with Crippen LogP contribution in [0, 0.1) is 0 Å². The van der Waals surface area contributed by atoms with Crippen LogP contribution in [0.25, 0.3) is 0 Å². The summed E-state index contributed by atoms with van der Waals surface area (Å²) in [5, 5.41) is 23.2. The highest BCUT2D eigenvalue weighted by molar-refractivity contribution is 7.51. The standard InChI is InChI=1S/C20H33N4O12P/c1-6-31-20(29)34-12(5)36-37(30,23-11(4)18(27)33-10(2)3)32-9-13-15(25)16(26)17(35-13)24-8-7-14(21)22-19(24)28/h7-8,10-13,15-17,25-26H,6,9H2,1-5H3,(H,23,30)(H2,21,22,28)/t11-,12?,13+,15?,16?,17+,37?/m0/s1. The molecular formula is C20H33N4O12P. The van der Waals surface area contributed by atoms with Gasteiger partial charge in [0.2, 0.25) is 6.29 Å². The molecule has 2 heterocycles. The molecule has 7 atom stereocenters. The van der Waals surface area contributed by atoms with Crippen molar-refractivity contribution in [3.8, 4) is 0 Å².